The maximum Gasteiger partial charge on any atom is 0.320 e. The zero-order chi connectivity index (χ0) is 44.9. The van der Waals surface area contributed by atoms with Gasteiger partial charge in [0.25, 0.3) is 5.56 Å². The van der Waals surface area contributed by atoms with Gasteiger partial charge in [0.15, 0.2) is 0 Å². The van der Waals surface area contributed by atoms with Gasteiger partial charge in [0.2, 0.25) is 0 Å². The van der Waals surface area contributed by atoms with E-state index >= 15 is 0 Å². The van der Waals surface area contributed by atoms with Crippen molar-refractivity contribution in [2.75, 3.05) is 13.1 Å². The van der Waals surface area contributed by atoms with Crippen molar-refractivity contribution in [2.45, 2.75) is 90.8 Å². The third kappa shape index (κ3) is 9.50. The molecule has 0 spiro atoms. The first-order valence-corrected chi connectivity index (χ1v) is 21.9. The molecule has 0 radical (unpaired) electrons. The van der Waals surface area contributed by atoms with Gasteiger partial charge in [-0.1, -0.05) is 60.8 Å². The molecule has 0 aliphatic carbocycles. The number of likely N-dealkylation sites (tertiary alicyclic amines) is 2. The highest BCUT2D eigenvalue weighted by atomic mass is 35.5. The molecule has 3 aromatic heterocycles. The minimum absolute atomic E-state index is 0.128. The molecule has 2 atom stereocenters. The van der Waals surface area contributed by atoms with Crippen LogP contribution in [-0.4, -0.2) is 71.5 Å². The number of ether oxygens (including phenoxy) is 2. The first kappa shape index (κ1) is 44.0. The van der Waals surface area contributed by atoms with Crippen molar-refractivity contribution in [3.8, 4) is 39.8 Å². The Morgan fingerprint density at radius 2 is 1.42 bits per heavy atom. The number of halogens is 1. The van der Waals surface area contributed by atoms with Crippen molar-refractivity contribution in [3.05, 3.63) is 146 Å². The molecular weight excluding hydrogens is 832 g/mol. The molecule has 0 amide bonds. The van der Waals surface area contributed by atoms with E-state index in [0.717, 1.165) is 70.2 Å². The molecule has 2 aliphatic heterocycles. The highest BCUT2D eigenvalue weighted by Gasteiger charge is 2.31. The molecule has 2 N–H and O–H groups in total. The number of carboxylic acids is 2. The molecule has 13 nitrogen and oxygen atoms in total. The molecule has 2 saturated heterocycles. The first-order valence-electron chi connectivity index (χ1n) is 21.5. The van der Waals surface area contributed by atoms with Crippen LogP contribution in [0.1, 0.15) is 77.5 Å². The largest absolute Gasteiger partial charge is 0.488 e. The summed E-state index contributed by atoms with van der Waals surface area (Å²) < 4.78 is 14.3. The highest BCUT2D eigenvalue weighted by molar-refractivity contribution is 6.32. The summed E-state index contributed by atoms with van der Waals surface area (Å²) in [7, 11) is 0. The number of hydrogen-bond acceptors (Lipinski definition) is 10. The molecule has 8 rings (SSSR count). The van der Waals surface area contributed by atoms with Crippen molar-refractivity contribution >= 4 is 29.2 Å². The third-order valence-corrected chi connectivity index (χ3v) is 12.8. The quantitative estimate of drug-likeness (QED) is 0.107. The number of rotatable bonds is 14. The molecule has 328 valence electrons. The second-order valence-corrected chi connectivity index (χ2v) is 17.0. The molecular formula is C50H49ClN6O7. The molecule has 2 aliphatic rings. The number of fused-ring (bicyclic) bond motifs is 1. The monoisotopic (exact) mass is 880 g/mol. The van der Waals surface area contributed by atoms with Gasteiger partial charge in [-0.05, 0) is 116 Å². The zero-order valence-corrected chi connectivity index (χ0v) is 36.6. The Morgan fingerprint density at radius 3 is 2.12 bits per heavy atom. The first-order chi connectivity index (χ1) is 31.0. The average Bonchev–Trinajstić information content (AvgIpc) is 3.30. The lowest BCUT2D eigenvalue weighted by Gasteiger charge is -2.33. The summed E-state index contributed by atoms with van der Waals surface area (Å²) >= 11 is 6.91. The van der Waals surface area contributed by atoms with Crippen molar-refractivity contribution in [3.63, 3.8) is 0 Å². The zero-order valence-electron chi connectivity index (χ0n) is 35.8. The van der Waals surface area contributed by atoms with E-state index in [2.05, 4.69) is 48.1 Å². The van der Waals surface area contributed by atoms with Crippen LogP contribution >= 0.6 is 11.6 Å². The Bertz CT molecular complexity index is 2840. The number of nitrogens with zero attached hydrogens (tertiary/aromatic N) is 6. The smallest absolute Gasteiger partial charge is 0.320 e. The lowest BCUT2D eigenvalue weighted by Crippen LogP contribution is -2.45. The molecule has 3 aromatic carbocycles. The Labute approximate surface area is 376 Å². The van der Waals surface area contributed by atoms with Crippen LogP contribution in [0.3, 0.4) is 0 Å². The number of carboxylic acid groups (broad SMARTS) is 2. The number of hydrogen-bond donors (Lipinski definition) is 2. The molecule has 0 saturated carbocycles. The Kier molecular flexibility index (Phi) is 13.4. The van der Waals surface area contributed by atoms with Gasteiger partial charge < -0.3 is 19.7 Å². The van der Waals surface area contributed by atoms with E-state index in [-0.39, 0.29) is 25.3 Å². The molecule has 64 heavy (non-hydrogen) atoms. The fourth-order valence-electron chi connectivity index (χ4n) is 9.01. The molecule has 5 heterocycles. The summed E-state index contributed by atoms with van der Waals surface area (Å²) in [5.41, 5.74) is 9.60. The Hall–Kier alpha value is -6.59. The normalized spacial score (nSPS) is 16.9. The fraction of sp³-hybridized carbons (Fsp3) is 0.320. The van der Waals surface area contributed by atoms with Gasteiger partial charge in [0.1, 0.15) is 48.5 Å². The van der Waals surface area contributed by atoms with Crippen molar-refractivity contribution < 1.29 is 29.3 Å². The van der Waals surface area contributed by atoms with Crippen LogP contribution < -0.4 is 15.0 Å². The molecule has 2 fully saturated rings. The van der Waals surface area contributed by atoms with E-state index in [0.29, 0.717) is 71.3 Å². The second-order valence-electron chi connectivity index (χ2n) is 16.6. The summed E-state index contributed by atoms with van der Waals surface area (Å²) in [6.07, 6.45) is 11.1. The highest BCUT2D eigenvalue weighted by Crippen LogP contribution is 2.38. The van der Waals surface area contributed by atoms with Crippen LogP contribution in [0.5, 0.6) is 11.5 Å². The van der Waals surface area contributed by atoms with Crippen molar-refractivity contribution in [2.24, 2.45) is 0 Å². The van der Waals surface area contributed by atoms with Gasteiger partial charge in [0, 0.05) is 55.1 Å². The lowest BCUT2D eigenvalue weighted by atomic mass is 9.90. The number of aliphatic carboxylic acids is 2. The Morgan fingerprint density at radius 1 is 0.766 bits per heavy atom. The van der Waals surface area contributed by atoms with Gasteiger partial charge >= 0.3 is 11.9 Å². The number of aromatic nitrogens is 3. The maximum absolute atomic E-state index is 13.6. The Balaban J connectivity index is 1.03. The summed E-state index contributed by atoms with van der Waals surface area (Å²) in [6, 6.07) is 22.2. The van der Waals surface area contributed by atoms with E-state index in [1.807, 2.05) is 40.1 Å². The van der Waals surface area contributed by atoms with Gasteiger partial charge in [-0.3, -0.25) is 33.6 Å². The minimum Gasteiger partial charge on any atom is -0.488 e. The summed E-state index contributed by atoms with van der Waals surface area (Å²) in [5.74, 6) is -0.811. The standard InChI is InChI=1S/C50H49ClN6O7/c1-31-36(30-64-46-22-45(63-29-34-19-33(23-52)24-53-25-34)37(20-42(46)51)27-55-16-5-3-13-43(55)49(59)60)9-7-11-40(31)41-12-8-10-39(32(41)2)35-15-18-57-47(21-35)54-26-38(48(57)58)28-56-17-6-4-14-44(56)50(61)62/h7-12,15,18-22,24-26,43-44H,3-6,13-14,16-17,27-30H2,1-2H3,(H,59,60)(H,61,62). The topological polar surface area (TPSA) is 171 Å². The number of carbonyl (C=O) groups is 2. The van der Waals surface area contributed by atoms with E-state index in [1.165, 1.54) is 10.6 Å². The van der Waals surface area contributed by atoms with Gasteiger partial charge in [0.05, 0.1) is 16.1 Å². The third-order valence-electron chi connectivity index (χ3n) is 12.5. The van der Waals surface area contributed by atoms with E-state index in [9.17, 15) is 29.9 Å². The number of nitriles is 1. The fourth-order valence-corrected chi connectivity index (χ4v) is 9.25. The van der Waals surface area contributed by atoms with Gasteiger partial charge in [-0.2, -0.15) is 5.26 Å². The number of piperidine rings is 2. The minimum atomic E-state index is -0.864. The maximum atomic E-state index is 13.6. The number of pyridine rings is 2. The number of benzene rings is 3. The van der Waals surface area contributed by atoms with E-state index in [1.54, 1.807) is 36.8 Å². The van der Waals surface area contributed by atoms with Crippen LogP contribution in [0, 0.1) is 25.2 Å². The van der Waals surface area contributed by atoms with E-state index < -0.39 is 24.0 Å². The van der Waals surface area contributed by atoms with Crippen LogP contribution in [0.25, 0.3) is 27.9 Å². The lowest BCUT2D eigenvalue weighted by molar-refractivity contribution is -0.145. The summed E-state index contributed by atoms with van der Waals surface area (Å²) in [4.78, 5) is 50.2. The predicted octanol–water partition coefficient (Wildman–Crippen LogP) is 8.60. The SMILES string of the molecule is Cc1c(COc2cc(OCc3cncc(C#N)c3)c(CN3CCCCC3C(=O)O)cc2Cl)cccc1-c1cccc(-c2ccn3c(=O)c(CN4CCCCC4C(=O)O)cnc3c2)c1C. The van der Waals surface area contributed by atoms with Crippen LogP contribution in [0.4, 0.5) is 0 Å². The average molecular weight is 881 g/mol. The molecule has 2 unspecified atom stereocenters. The predicted molar refractivity (Wildman–Crippen MR) is 242 cm³/mol. The molecule has 14 heteroatoms. The van der Waals surface area contributed by atoms with Crippen molar-refractivity contribution in [1.29, 1.82) is 5.26 Å². The van der Waals surface area contributed by atoms with Gasteiger partial charge in [-0.25, -0.2) is 4.98 Å². The van der Waals surface area contributed by atoms with Crippen LogP contribution in [0.15, 0.2) is 96.3 Å². The van der Waals surface area contributed by atoms with Crippen LogP contribution in [-0.2, 0) is 35.9 Å². The molecule has 6 aromatic rings. The second kappa shape index (κ2) is 19.4. The summed E-state index contributed by atoms with van der Waals surface area (Å²) in [6.45, 7) is 6.30. The van der Waals surface area contributed by atoms with E-state index in [4.69, 9.17) is 21.1 Å². The molecule has 0 bridgehead atoms. The van der Waals surface area contributed by atoms with Crippen molar-refractivity contribution in [1.82, 2.24) is 24.2 Å². The summed E-state index contributed by atoms with van der Waals surface area (Å²) in [5, 5.41) is 29.5. The van der Waals surface area contributed by atoms with Gasteiger partial charge in [-0.15, -0.1) is 0 Å². The van der Waals surface area contributed by atoms with Crippen LogP contribution in [0.2, 0.25) is 5.02 Å².